The SMILES string of the molecule is COCCn1ccc(C(=O)N2CCc3ccc(C(C)=O)cc3CC2)n1. The van der Waals surface area contributed by atoms with Crippen molar-refractivity contribution in [1.82, 2.24) is 14.7 Å². The number of fused-ring (bicyclic) bond motifs is 1. The lowest BCUT2D eigenvalue weighted by molar-refractivity contribution is 0.0755. The topological polar surface area (TPSA) is 64.4 Å². The summed E-state index contributed by atoms with van der Waals surface area (Å²) >= 11 is 0. The Labute approximate surface area is 147 Å². The largest absolute Gasteiger partial charge is 0.383 e. The van der Waals surface area contributed by atoms with Crippen molar-refractivity contribution in [2.45, 2.75) is 26.3 Å². The second kappa shape index (κ2) is 7.61. The highest BCUT2D eigenvalue weighted by molar-refractivity contribution is 5.94. The van der Waals surface area contributed by atoms with Crippen LogP contribution in [-0.4, -0.2) is 53.2 Å². The van der Waals surface area contributed by atoms with Crippen molar-refractivity contribution in [2.24, 2.45) is 0 Å². The van der Waals surface area contributed by atoms with Crippen LogP contribution in [0.2, 0.25) is 0 Å². The Bertz CT molecular complexity index is 782. The molecule has 0 unspecified atom stereocenters. The van der Waals surface area contributed by atoms with E-state index in [2.05, 4.69) is 5.10 Å². The van der Waals surface area contributed by atoms with Crippen molar-refractivity contribution >= 4 is 11.7 Å². The number of carbonyl (C=O) groups excluding carboxylic acids is 2. The zero-order valence-electron chi connectivity index (χ0n) is 14.7. The Kier molecular flexibility index (Phi) is 5.28. The Morgan fingerprint density at radius 2 is 1.92 bits per heavy atom. The number of aromatic nitrogens is 2. The third kappa shape index (κ3) is 3.96. The maximum atomic E-state index is 12.7. The van der Waals surface area contributed by atoms with Gasteiger partial charge >= 0.3 is 0 Å². The van der Waals surface area contributed by atoms with Crippen LogP contribution in [0.1, 0.15) is 38.9 Å². The van der Waals surface area contributed by atoms with Gasteiger partial charge in [0, 0.05) is 32.0 Å². The summed E-state index contributed by atoms with van der Waals surface area (Å²) in [5, 5.41) is 4.34. The number of ketones is 1. The summed E-state index contributed by atoms with van der Waals surface area (Å²) < 4.78 is 6.76. The number of nitrogens with zero attached hydrogens (tertiary/aromatic N) is 3. The first-order valence-corrected chi connectivity index (χ1v) is 8.53. The fraction of sp³-hybridized carbons (Fsp3) is 0.421. The average molecular weight is 341 g/mol. The van der Waals surface area contributed by atoms with Gasteiger partial charge in [0.15, 0.2) is 5.78 Å². The molecule has 1 amide bonds. The average Bonchev–Trinajstić information content (AvgIpc) is 2.98. The Hall–Kier alpha value is -2.47. The number of hydrogen-bond acceptors (Lipinski definition) is 4. The van der Waals surface area contributed by atoms with E-state index in [-0.39, 0.29) is 11.7 Å². The van der Waals surface area contributed by atoms with Crippen molar-refractivity contribution in [3.63, 3.8) is 0 Å². The summed E-state index contributed by atoms with van der Waals surface area (Å²) in [4.78, 5) is 26.1. The van der Waals surface area contributed by atoms with Gasteiger partial charge in [0.05, 0.1) is 13.2 Å². The zero-order valence-corrected chi connectivity index (χ0v) is 14.7. The predicted molar refractivity (Wildman–Crippen MR) is 93.9 cm³/mol. The highest BCUT2D eigenvalue weighted by Crippen LogP contribution is 2.19. The van der Waals surface area contributed by atoms with Gasteiger partial charge in [-0.2, -0.15) is 5.10 Å². The zero-order chi connectivity index (χ0) is 17.8. The maximum Gasteiger partial charge on any atom is 0.274 e. The van der Waals surface area contributed by atoms with E-state index in [0.717, 1.165) is 24.0 Å². The molecular formula is C19H23N3O3. The molecule has 25 heavy (non-hydrogen) atoms. The molecule has 0 aliphatic carbocycles. The second-order valence-corrected chi connectivity index (χ2v) is 6.29. The molecule has 2 aromatic rings. The van der Waals surface area contributed by atoms with Gasteiger partial charge in [0.25, 0.3) is 5.91 Å². The standard InChI is InChI=1S/C19H23N3O3/c1-14(23)16-4-3-15-5-8-21(9-6-17(15)13-16)19(24)18-7-10-22(20-18)11-12-25-2/h3-4,7,10,13H,5-6,8-9,11-12H2,1-2H3. The van der Waals surface area contributed by atoms with Crippen LogP contribution in [0.5, 0.6) is 0 Å². The number of ether oxygens (including phenoxy) is 1. The molecule has 1 aliphatic rings. The number of rotatable bonds is 5. The van der Waals surface area contributed by atoms with Crippen LogP contribution in [0.15, 0.2) is 30.5 Å². The molecule has 0 spiro atoms. The first kappa shape index (κ1) is 17.4. The highest BCUT2D eigenvalue weighted by Gasteiger charge is 2.22. The molecule has 6 nitrogen and oxygen atoms in total. The molecule has 0 bridgehead atoms. The van der Waals surface area contributed by atoms with E-state index in [1.165, 1.54) is 5.56 Å². The van der Waals surface area contributed by atoms with Gasteiger partial charge in [0.1, 0.15) is 5.69 Å². The number of methoxy groups -OCH3 is 1. The third-order valence-electron chi connectivity index (χ3n) is 4.59. The van der Waals surface area contributed by atoms with Crippen molar-refractivity contribution < 1.29 is 14.3 Å². The van der Waals surface area contributed by atoms with Crippen LogP contribution in [0.3, 0.4) is 0 Å². The first-order chi connectivity index (χ1) is 12.1. The fourth-order valence-electron chi connectivity index (χ4n) is 3.09. The van der Waals surface area contributed by atoms with E-state index in [4.69, 9.17) is 4.74 Å². The third-order valence-corrected chi connectivity index (χ3v) is 4.59. The molecule has 1 aliphatic heterocycles. The van der Waals surface area contributed by atoms with Crippen LogP contribution in [0.25, 0.3) is 0 Å². The molecule has 0 saturated heterocycles. The molecule has 0 saturated carbocycles. The normalized spacial score (nSPS) is 14.1. The van der Waals surface area contributed by atoms with E-state index >= 15 is 0 Å². The fourth-order valence-corrected chi connectivity index (χ4v) is 3.09. The van der Waals surface area contributed by atoms with E-state index < -0.39 is 0 Å². The first-order valence-electron chi connectivity index (χ1n) is 8.53. The molecular weight excluding hydrogens is 318 g/mol. The van der Waals surface area contributed by atoms with Gasteiger partial charge in [-0.1, -0.05) is 12.1 Å². The lowest BCUT2D eigenvalue weighted by Crippen LogP contribution is -2.33. The Balaban J connectivity index is 1.69. The Morgan fingerprint density at radius 1 is 1.16 bits per heavy atom. The minimum atomic E-state index is -0.0456. The maximum absolute atomic E-state index is 12.7. The van der Waals surface area contributed by atoms with Crippen LogP contribution in [-0.2, 0) is 24.1 Å². The van der Waals surface area contributed by atoms with Gasteiger partial charge in [-0.05, 0) is 43.0 Å². The summed E-state index contributed by atoms with van der Waals surface area (Å²) in [6.45, 7) is 4.07. The number of Topliss-reactive ketones (excluding diaryl/α,β-unsaturated/α-hetero) is 1. The van der Waals surface area contributed by atoms with E-state index in [1.807, 2.05) is 23.1 Å². The molecule has 0 fully saturated rings. The lowest BCUT2D eigenvalue weighted by atomic mass is 9.99. The minimum absolute atomic E-state index is 0.0456. The van der Waals surface area contributed by atoms with Crippen LogP contribution in [0, 0.1) is 0 Å². The van der Waals surface area contributed by atoms with E-state index in [1.54, 1.807) is 31.0 Å². The summed E-state index contributed by atoms with van der Waals surface area (Å²) in [6, 6.07) is 7.60. The lowest BCUT2D eigenvalue weighted by Gasteiger charge is -2.18. The van der Waals surface area contributed by atoms with Crippen LogP contribution < -0.4 is 0 Å². The van der Waals surface area contributed by atoms with Crippen LogP contribution >= 0.6 is 0 Å². The molecule has 2 heterocycles. The monoisotopic (exact) mass is 341 g/mol. The smallest absolute Gasteiger partial charge is 0.274 e. The quantitative estimate of drug-likeness (QED) is 0.780. The van der Waals surface area contributed by atoms with Gasteiger partial charge in [-0.25, -0.2) is 0 Å². The summed E-state index contributed by atoms with van der Waals surface area (Å²) in [6.07, 6.45) is 3.36. The molecule has 132 valence electrons. The molecule has 0 N–H and O–H groups in total. The summed E-state index contributed by atoms with van der Waals surface area (Å²) in [5.41, 5.74) is 3.57. The number of benzene rings is 1. The minimum Gasteiger partial charge on any atom is -0.383 e. The molecule has 1 aromatic heterocycles. The summed E-state index contributed by atoms with van der Waals surface area (Å²) in [7, 11) is 1.64. The van der Waals surface area contributed by atoms with Crippen molar-refractivity contribution in [2.75, 3.05) is 26.8 Å². The number of amides is 1. The second-order valence-electron chi connectivity index (χ2n) is 6.29. The van der Waals surface area contributed by atoms with E-state index in [9.17, 15) is 9.59 Å². The number of hydrogen-bond donors (Lipinski definition) is 0. The number of carbonyl (C=O) groups is 2. The summed E-state index contributed by atoms with van der Waals surface area (Å²) in [5.74, 6) is 0.0253. The Morgan fingerprint density at radius 3 is 2.64 bits per heavy atom. The van der Waals surface area contributed by atoms with E-state index in [0.29, 0.717) is 31.9 Å². The van der Waals surface area contributed by atoms with Gasteiger partial charge in [-0.15, -0.1) is 0 Å². The molecule has 0 radical (unpaired) electrons. The van der Waals surface area contributed by atoms with Gasteiger partial charge < -0.3 is 9.64 Å². The molecule has 6 heteroatoms. The molecule has 3 rings (SSSR count). The highest BCUT2D eigenvalue weighted by atomic mass is 16.5. The van der Waals surface area contributed by atoms with Crippen LogP contribution in [0.4, 0.5) is 0 Å². The van der Waals surface area contributed by atoms with Gasteiger partial charge in [-0.3, -0.25) is 14.3 Å². The predicted octanol–water partition coefficient (Wildman–Crippen LogP) is 1.97. The van der Waals surface area contributed by atoms with Crippen molar-refractivity contribution in [3.8, 4) is 0 Å². The molecule has 0 atom stereocenters. The van der Waals surface area contributed by atoms with Crippen molar-refractivity contribution in [3.05, 3.63) is 52.8 Å². The molecule has 1 aromatic carbocycles. The van der Waals surface area contributed by atoms with Gasteiger partial charge in [0.2, 0.25) is 0 Å². The van der Waals surface area contributed by atoms with Crippen molar-refractivity contribution in [1.29, 1.82) is 0 Å².